The minimum atomic E-state index is 0.740. The second kappa shape index (κ2) is 4.69. The summed E-state index contributed by atoms with van der Waals surface area (Å²) in [5.41, 5.74) is 1.21. The molecule has 2 aromatic rings. The van der Waals surface area contributed by atoms with E-state index in [1.54, 1.807) is 0 Å². The number of thioether (sulfide) groups is 1. The molecular formula is C12H8BrNS. The Hall–Kier alpha value is -0.980. The molecule has 0 aliphatic carbocycles. The fourth-order valence-electron chi connectivity index (χ4n) is 1.56. The van der Waals surface area contributed by atoms with E-state index in [2.05, 4.69) is 39.5 Å². The highest BCUT2D eigenvalue weighted by Gasteiger charge is 2.03. The van der Waals surface area contributed by atoms with Gasteiger partial charge in [0, 0.05) is 10.2 Å². The molecule has 0 N–H and O–H groups in total. The highest BCUT2D eigenvalue weighted by molar-refractivity contribution is 9.10. The van der Waals surface area contributed by atoms with E-state index in [0.29, 0.717) is 0 Å². The Morgan fingerprint density at radius 2 is 1.87 bits per heavy atom. The number of thiocyanates is 1. The second-order valence-corrected chi connectivity index (χ2v) is 4.75. The molecule has 3 heteroatoms. The van der Waals surface area contributed by atoms with Gasteiger partial charge in [0.15, 0.2) is 0 Å². The summed E-state index contributed by atoms with van der Waals surface area (Å²) in [4.78, 5) is 0. The molecule has 0 amide bonds. The molecule has 0 bridgehead atoms. The molecule has 0 heterocycles. The van der Waals surface area contributed by atoms with Crippen molar-refractivity contribution < 1.29 is 0 Å². The van der Waals surface area contributed by atoms with Gasteiger partial charge < -0.3 is 0 Å². The van der Waals surface area contributed by atoms with Crippen LogP contribution in [0.3, 0.4) is 0 Å². The molecule has 2 aromatic carbocycles. The largest absolute Gasteiger partial charge is 0.185 e. The summed E-state index contributed by atoms with van der Waals surface area (Å²) in [5, 5.41) is 13.1. The van der Waals surface area contributed by atoms with Crippen molar-refractivity contribution in [1.82, 2.24) is 0 Å². The van der Waals surface area contributed by atoms with Gasteiger partial charge in [0.25, 0.3) is 0 Å². The van der Waals surface area contributed by atoms with Crippen molar-refractivity contribution in [2.75, 3.05) is 0 Å². The standard InChI is InChI=1S/C12H8BrNS/c13-12-6-5-9(7-15-8-14)10-3-1-2-4-11(10)12/h1-6H,7H2. The summed E-state index contributed by atoms with van der Waals surface area (Å²) in [6, 6.07) is 12.3. The third kappa shape index (κ3) is 2.17. The minimum absolute atomic E-state index is 0.740. The van der Waals surface area contributed by atoms with Gasteiger partial charge in [0.05, 0.1) is 0 Å². The molecule has 1 nitrogen and oxygen atoms in total. The van der Waals surface area contributed by atoms with Crippen molar-refractivity contribution in [3.8, 4) is 5.40 Å². The molecule has 0 saturated carbocycles. The number of fused-ring (bicyclic) bond motifs is 1. The van der Waals surface area contributed by atoms with Gasteiger partial charge in [-0.25, -0.2) is 0 Å². The lowest BCUT2D eigenvalue weighted by atomic mass is 10.1. The van der Waals surface area contributed by atoms with Gasteiger partial charge in [0.2, 0.25) is 0 Å². The van der Waals surface area contributed by atoms with Crippen molar-refractivity contribution in [3.05, 3.63) is 46.4 Å². The van der Waals surface area contributed by atoms with Crippen molar-refractivity contribution in [2.45, 2.75) is 5.75 Å². The Bertz CT molecular complexity index is 531. The van der Waals surface area contributed by atoms with Crippen LogP contribution in [0.5, 0.6) is 0 Å². The van der Waals surface area contributed by atoms with Gasteiger partial charge in [-0.3, -0.25) is 0 Å². The van der Waals surface area contributed by atoms with Crippen molar-refractivity contribution in [1.29, 1.82) is 5.26 Å². The number of nitriles is 1. The van der Waals surface area contributed by atoms with Crippen molar-refractivity contribution in [3.63, 3.8) is 0 Å². The van der Waals surface area contributed by atoms with Gasteiger partial charge in [-0.1, -0.05) is 46.3 Å². The maximum absolute atomic E-state index is 8.56. The minimum Gasteiger partial charge on any atom is -0.185 e. The average molecular weight is 278 g/mol. The fraction of sp³-hybridized carbons (Fsp3) is 0.0833. The number of halogens is 1. The summed E-state index contributed by atoms with van der Waals surface area (Å²) in [5.74, 6) is 0.740. The molecule has 0 aromatic heterocycles. The molecule has 0 unspecified atom stereocenters. The van der Waals surface area contributed by atoms with Gasteiger partial charge in [0.1, 0.15) is 5.40 Å². The number of nitrogens with zero attached hydrogens (tertiary/aromatic N) is 1. The molecule has 74 valence electrons. The van der Waals surface area contributed by atoms with E-state index in [4.69, 9.17) is 5.26 Å². The van der Waals surface area contributed by atoms with E-state index in [9.17, 15) is 0 Å². The first kappa shape index (κ1) is 10.5. The highest BCUT2D eigenvalue weighted by atomic mass is 79.9. The SMILES string of the molecule is N#CSCc1ccc(Br)c2ccccc12. The molecule has 15 heavy (non-hydrogen) atoms. The number of rotatable bonds is 2. The van der Waals surface area contributed by atoms with Crippen LogP contribution in [0, 0.1) is 10.7 Å². The van der Waals surface area contributed by atoms with Crippen molar-refractivity contribution >= 4 is 38.5 Å². The monoisotopic (exact) mass is 277 g/mol. The first-order chi connectivity index (χ1) is 7.33. The van der Waals surface area contributed by atoms with Crippen LogP contribution in [-0.2, 0) is 5.75 Å². The first-order valence-electron chi connectivity index (χ1n) is 4.50. The van der Waals surface area contributed by atoms with Crippen LogP contribution in [0.4, 0.5) is 0 Å². The third-order valence-corrected chi connectivity index (χ3v) is 3.53. The smallest absolute Gasteiger partial charge is 0.133 e. The Balaban J connectivity index is 2.57. The zero-order valence-corrected chi connectivity index (χ0v) is 10.3. The summed E-state index contributed by atoms with van der Waals surface area (Å²) >= 11 is 4.80. The fourth-order valence-corrected chi connectivity index (χ4v) is 2.51. The van der Waals surface area contributed by atoms with Crippen LogP contribution < -0.4 is 0 Å². The molecule has 0 aliphatic heterocycles. The van der Waals surface area contributed by atoms with Crippen molar-refractivity contribution in [2.24, 2.45) is 0 Å². The van der Waals surface area contributed by atoms with E-state index < -0.39 is 0 Å². The molecule has 0 atom stereocenters. The Morgan fingerprint density at radius 3 is 2.60 bits per heavy atom. The topological polar surface area (TPSA) is 23.8 Å². The summed E-state index contributed by atoms with van der Waals surface area (Å²) in [6.45, 7) is 0. The van der Waals surface area contributed by atoms with Gasteiger partial charge in [-0.05, 0) is 34.2 Å². The summed E-state index contributed by atoms with van der Waals surface area (Å²) in [7, 11) is 0. The predicted molar refractivity (Wildman–Crippen MR) is 68.6 cm³/mol. The lowest BCUT2D eigenvalue weighted by molar-refractivity contribution is 1.46. The van der Waals surface area contributed by atoms with E-state index in [1.807, 2.05) is 18.2 Å². The molecule has 0 fully saturated rings. The summed E-state index contributed by atoms with van der Waals surface area (Å²) < 4.78 is 1.10. The summed E-state index contributed by atoms with van der Waals surface area (Å²) in [6.07, 6.45) is 0. The van der Waals surface area contributed by atoms with Crippen LogP contribution in [0.15, 0.2) is 40.9 Å². The van der Waals surface area contributed by atoms with E-state index in [-0.39, 0.29) is 0 Å². The highest BCUT2D eigenvalue weighted by Crippen LogP contribution is 2.28. The number of benzene rings is 2. The Labute approximate surface area is 101 Å². The molecule has 0 spiro atoms. The van der Waals surface area contributed by atoms with Gasteiger partial charge in [-0.15, -0.1) is 0 Å². The first-order valence-corrected chi connectivity index (χ1v) is 6.28. The maximum atomic E-state index is 8.56. The van der Waals surface area contributed by atoms with E-state index in [0.717, 1.165) is 10.2 Å². The third-order valence-electron chi connectivity index (χ3n) is 2.25. The average Bonchev–Trinajstić information content (AvgIpc) is 2.29. The normalized spacial score (nSPS) is 10.1. The lowest BCUT2D eigenvalue weighted by Crippen LogP contribution is -1.83. The molecular weight excluding hydrogens is 270 g/mol. The Morgan fingerprint density at radius 1 is 1.13 bits per heavy atom. The van der Waals surface area contributed by atoms with Crippen LogP contribution in [0.2, 0.25) is 0 Å². The van der Waals surface area contributed by atoms with Gasteiger partial charge in [-0.2, -0.15) is 5.26 Å². The van der Waals surface area contributed by atoms with Crippen LogP contribution >= 0.6 is 27.7 Å². The molecule has 0 saturated heterocycles. The zero-order valence-electron chi connectivity index (χ0n) is 7.90. The number of hydrogen-bond donors (Lipinski definition) is 0. The van der Waals surface area contributed by atoms with E-state index >= 15 is 0 Å². The quantitative estimate of drug-likeness (QED) is 0.764. The zero-order chi connectivity index (χ0) is 10.7. The van der Waals surface area contributed by atoms with E-state index in [1.165, 1.54) is 28.1 Å². The van der Waals surface area contributed by atoms with Crippen LogP contribution in [0.1, 0.15) is 5.56 Å². The van der Waals surface area contributed by atoms with Gasteiger partial charge >= 0.3 is 0 Å². The molecule has 2 rings (SSSR count). The predicted octanol–water partition coefficient (Wildman–Crippen LogP) is 4.32. The Kier molecular flexibility index (Phi) is 3.30. The maximum Gasteiger partial charge on any atom is 0.133 e. The molecule has 0 aliphatic rings. The van der Waals surface area contributed by atoms with Crippen LogP contribution in [0.25, 0.3) is 10.8 Å². The lowest BCUT2D eigenvalue weighted by Gasteiger charge is -2.05. The van der Waals surface area contributed by atoms with Crippen LogP contribution in [-0.4, -0.2) is 0 Å². The number of hydrogen-bond acceptors (Lipinski definition) is 2. The molecule has 0 radical (unpaired) electrons. The second-order valence-electron chi connectivity index (χ2n) is 3.13.